The molecule has 0 aromatic carbocycles. The Morgan fingerprint density at radius 3 is 2.64 bits per heavy atom. The summed E-state index contributed by atoms with van der Waals surface area (Å²) < 4.78 is 8.31. The molecule has 0 spiro atoms. The van der Waals surface area contributed by atoms with Gasteiger partial charge in [-0.05, 0) is 19.1 Å². The third-order valence-corrected chi connectivity index (χ3v) is 21.1. The van der Waals surface area contributed by atoms with Gasteiger partial charge in [-0.3, -0.25) is 0 Å². The molecule has 0 aromatic rings. The van der Waals surface area contributed by atoms with Crippen molar-refractivity contribution in [2.24, 2.45) is 0 Å². The summed E-state index contributed by atoms with van der Waals surface area (Å²) in [5.74, 6) is 0. The minimum Gasteiger partial charge on any atom is -0.428 e. The Balaban J connectivity index is 2.30. The molecule has 0 radical (unpaired) electrons. The van der Waals surface area contributed by atoms with Crippen LogP contribution in [0.1, 0.15) is 13.8 Å². The van der Waals surface area contributed by atoms with E-state index in [0.29, 0.717) is 8.55 Å². The summed E-state index contributed by atoms with van der Waals surface area (Å²) in [7, 11) is 0.0609. The third-order valence-electron chi connectivity index (χ3n) is 2.52. The average Bonchev–Trinajstić information content (AvgIpc) is 2.09. The second-order valence-electron chi connectivity index (χ2n) is 3.06. The van der Waals surface area contributed by atoms with E-state index in [1.165, 1.54) is 19.1 Å². The van der Waals surface area contributed by atoms with Gasteiger partial charge in [0.15, 0.2) is 0 Å². The molecule has 1 rings (SSSR count). The molecule has 66 valence electrons. The van der Waals surface area contributed by atoms with Crippen LogP contribution in [-0.2, 0) is 4.43 Å². The average molecular weight is 205 g/mol. The second kappa shape index (κ2) is 5.26. The first-order valence-corrected chi connectivity index (χ1v) is 13.9. The molecule has 11 heavy (non-hydrogen) atoms. The van der Waals surface area contributed by atoms with E-state index in [0.717, 1.165) is 6.61 Å². The van der Waals surface area contributed by atoms with Gasteiger partial charge < -0.3 is 8.99 Å². The van der Waals surface area contributed by atoms with Crippen molar-refractivity contribution in [3.63, 3.8) is 0 Å². The summed E-state index contributed by atoms with van der Waals surface area (Å²) in [6.45, 7) is 8.33. The maximum atomic E-state index is 5.55. The summed E-state index contributed by atoms with van der Waals surface area (Å²) in [6.07, 6.45) is 0. The van der Waals surface area contributed by atoms with Crippen molar-refractivity contribution in [2.75, 3.05) is 19.7 Å². The molecular weight excluding hydrogens is 186 g/mol. The minimum atomic E-state index is -0.332. The third kappa shape index (κ3) is 2.83. The first kappa shape index (κ1) is 9.66. The van der Waals surface area contributed by atoms with Crippen LogP contribution < -0.4 is 0 Å². The zero-order chi connectivity index (χ0) is 8.10. The normalized spacial score (nSPS) is 30.3. The van der Waals surface area contributed by atoms with Crippen molar-refractivity contribution in [3.05, 3.63) is 0 Å². The van der Waals surface area contributed by atoms with Crippen molar-refractivity contribution in [1.82, 2.24) is 4.57 Å². The van der Waals surface area contributed by atoms with Crippen LogP contribution in [-0.4, -0.2) is 50.6 Å². The lowest BCUT2D eigenvalue weighted by atomic mass is 10.7. The Kier molecular flexibility index (Phi) is 4.62. The van der Waals surface area contributed by atoms with E-state index in [1.54, 1.807) is 0 Å². The highest BCUT2D eigenvalue weighted by atomic mass is 29.6. The molecule has 0 amide bonds. The molecule has 1 saturated heterocycles. The van der Waals surface area contributed by atoms with E-state index in [9.17, 15) is 0 Å². The molecule has 5 heteroatoms. The Morgan fingerprint density at radius 1 is 1.45 bits per heavy atom. The molecule has 0 aliphatic carbocycles. The standard InChI is InChI=1S/C6H19NOSi3/c1-3-7(4-2)11-6-5-8-9-10-11/h11H,3-6,9-10H2,1-2H3. The van der Waals surface area contributed by atoms with E-state index in [-0.39, 0.29) is 17.8 Å². The van der Waals surface area contributed by atoms with Gasteiger partial charge in [-0.25, -0.2) is 0 Å². The smallest absolute Gasteiger partial charge is 0.142 e. The first-order chi connectivity index (χ1) is 5.38. The van der Waals surface area contributed by atoms with Crippen LogP contribution in [0.2, 0.25) is 6.04 Å². The largest absolute Gasteiger partial charge is 0.428 e. The molecule has 2 nitrogen and oxygen atoms in total. The highest BCUT2D eigenvalue weighted by molar-refractivity contribution is 7.34. The van der Waals surface area contributed by atoms with Gasteiger partial charge in [0.1, 0.15) is 9.28 Å². The molecule has 0 saturated carbocycles. The molecule has 0 aromatic heterocycles. The SMILES string of the molecule is CCN(CC)[SiH]1CCO[SiH2][SiH2]1. The fraction of sp³-hybridized carbons (Fsp3) is 1.00. The zero-order valence-corrected chi connectivity index (χ0v) is 11.7. The highest BCUT2D eigenvalue weighted by Gasteiger charge is 2.20. The predicted molar refractivity (Wildman–Crippen MR) is 57.9 cm³/mol. The van der Waals surface area contributed by atoms with Gasteiger partial charge >= 0.3 is 0 Å². The Hall–Kier alpha value is 0.571. The van der Waals surface area contributed by atoms with Crippen LogP contribution in [0.25, 0.3) is 0 Å². The number of hydrogen-bond acceptors (Lipinski definition) is 2. The molecule has 1 aliphatic rings. The van der Waals surface area contributed by atoms with Crippen LogP contribution in [0.5, 0.6) is 0 Å². The summed E-state index contributed by atoms with van der Waals surface area (Å²) in [5.41, 5.74) is 0. The van der Waals surface area contributed by atoms with Gasteiger partial charge in [0.05, 0.1) is 17.0 Å². The van der Waals surface area contributed by atoms with Crippen LogP contribution in [0.15, 0.2) is 0 Å². The lowest BCUT2D eigenvalue weighted by Crippen LogP contribution is -2.49. The Labute approximate surface area is 75.3 Å². The maximum absolute atomic E-state index is 5.55. The van der Waals surface area contributed by atoms with Crippen molar-refractivity contribution in [2.45, 2.75) is 19.9 Å². The summed E-state index contributed by atoms with van der Waals surface area (Å²) >= 11 is 0. The predicted octanol–water partition coefficient (Wildman–Crippen LogP) is -1.25. The highest BCUT2D eigenvalue weighted by Crippen LogP contribution is 2.03. The molecule has 1 atom stereocenters. The van der Waals surface area contributed by atoms with Crippen LogP contribution >= 0.6 is 0 Å². The molecular formula is C6H19NOSi3. The number of rotatable bonds is 3. The van der Waals surface area contributed by atoms with E-state index in [1.807, 2.05) is 0 Å². The zero-order valence-electron chi connectivity index (χ0n) is 7.68. The Morgan fingerprint density at radius 2 is 2.18 bits per heavy atom. The van der Waals surface area contributed by atoms with Gasteiger partial charge in [-0.1, -0.05) is 13.8 Å². The van der Waals surface area contributed by atoms with Crippen molar-refractivity contribution < 1.29 is 4.43 Å². The van der Waals surface area contributed by atoms with Crippen molar-refractivity contribution in [3.8, 4) is 0 Å². The topological polar surface area (TPSA) is 12.5 Å². The fourth-order valence-electron chi connectivity index (χ4n) is 1.79. The molecule has 1 heterocycles. The van der Waals surface area contributed by atoms with Gasteiger partial charge in [0, 0.05) is 6.61 Å². The molecule has 1 unspecified atom stereocenters. The quantitative estimate of drug-likeness (QED) is 0.534. The minimum absolute atomic E-state index is 0.0586. The summed E-state index contributed by atoms with van der Waals surface area (Å²) in [6, 6.07) is 1.46. The number of hydrogen-bond donors (Lipinski definition) is 0. The van der Waals surface area contributed by atoms with Gasteiger partial charge in [0.2, 0.25) is 0 Å². The van der Waals surface area contributed by atoms with Crippen molar-refractivity contribution in [1.29, 1.82) is 0 Å². The number of nitrogens with zero attached hydrogens (tertiary/aromatic N) is 1. The fourth-order valence-corrected chi connectivity index (χ4v) is 21.2. The monoisotopic (exact) mass is 205 g/mol. The van der Waals surface area contributed by atoms with Crippen LogP contribution in [0.4, 0.5) is 0 Å². The van der Waals surface area contributed by atoms with Gasteiger partial charge in [-0.15, -0.1) is 0 Å². The lowest BCUT2D eigenvalue weighted by Gasteiger charge is -2.30. The van der Waals surface area contributed by atoms with Gasteiger partial charge in [0.25, 0.3) is 0 Å². The van der Waals surface area contributed by atoms with E-state index in [2.05, 4.69) is 18.4 Å². The van der Waals surface area contributed by atoms with Gasteiger partial charge in [-0.2, -0.15) is 0 Å². The Bertz CT molecular complexity index is 104. The van der Waals surface area contributed by atoms with E-state index >= 15 is 0 Å². The molecule has 1 fully saturated rings. The summed E-state index contributed by atoms with van der Waals surface area (Å²) in [4.78, 5) is 0. The lowest BCUT2D eigenvalue weighted by molar-refractivity contribution is 0.359. The summed E-state index contributed by atoms with van der Waals surface area (Å²) in [5, 5.41) is 0. The van der Waals surface area contributed by atoms with E-state index in [4.69, 9.17) is 4.43 Å². The second-order valence-corrected chi connectivity index (χ2v) is 18.1. The van der Waals surface area contributed by atoms with Crippen LogP contribution in [0, 0.1) is 0 Å². The van der Waals surface area contributed by atoms with Crippen molar-refractivity contribution >= 4 is 26.3 Å². The molecule has 0 N–H and O–H groups in total. The maximum Gasteiger partial charge on any atom is 0.142 e. The van der Waals surface area contributed by atoms with E-state index < -0.39 is 0 Å². The van der Waals surface area contributed by atoms with Crippen LogP contribution in [0.3, 0.4) is 0 Å². The first-order valence-electron chi connectivity index (χ1n) is 4.70. The molecule has 1 aliphatic heterocycles. The molecule has 0 bridgehead atoms.